The highest BCUT2D eigenvalue weighted by Gasteiger charge is 2.53. The second kappa shape index (κ2) is 15.8. The first-order valence-corrected chi connectivity index (χ1v) is 14.7. The highest BCUT2D eigenvalue weighted by molar-refractivity contribution is 5.84. The van der Waals surface area contributed by atoms with Crippen molar-refractivity contribution in [3.05, 3.63) is 48.0 Å². The number of hydrogen-bond acceptors (Lipinski definition) is 4. The normalized spacial score (nSPS) is 18.7. The lowest BCUT2D eigenvalue weighted by molar-refractivity contribution is -0.195. The van der Waals surface area contributed by atoms with Crippen LogP contribution in [0.2, 0.25) is 0 Å². The van der Waals surface area contributed by atoms with Gasteiger partial charge < -0.3 is 19.7 Å². The van der Waals surface area contributed by atoms with Crippen LogP contribution in [0.15, 0.2) is 42.5 Å². The van der Waals surface area contributed by atoms with Crippen LogP contribution in [0.3, 0.4) is 0 Å². The summed E-state index contributed by atoms with van der Waals surface area (Å²) in [5.74, 6) is -3.69. The van der Waals surface area contributed by atoms with E-state index in [0.717, 1.165) is 44.9 Å². The fraction of sp³-hybridized carbons (Fsp3) is 0.625. The van der Waals surface area contributed by atoms with Crippen LogP contribution < -0.4 is 0 Å². The molecular formula is C32H46O6. The lowest BCUT2D eigenvalue weighted by atomic mass is 9.98. The summed E-state index contributed by atoms with van der Waals surface area (Å²) in [5, 5.41) is 21.6. The Labute approximate surface area is 227 Å². The van der Waals surface area contributed by atoms with Gasteiger partial charge in [0.2, 0.25) is 0 Å². The van der Waals surface area contributed by atoms with Crippen molar-refractivity contribution < 1.29 is 29.3 Å². The van der Waals surface area contributed by atoms with E-state index in [2.05, 4.69) is 43.3 Å². The standard InChI is InChI=1S/C32H46O6/c1-2-3-4-5-6-7-8-9-10-15-22-32(37-28(30(33)34)29(38-32)31(35)36)23-16-11-12-17-25-20-21-26-18-13-14-19-27(26)24-25/h13-14,18-21,24,28-29H,2-12,15-17,22-23H2,1H3,(H,33,34)(H,35,36)/t28-,29-/m1/s1. The Morgan fingerprint density at radius 2 is 1.18 bits per heavy atom. The molecule has 0 aromatic heterocycles. The van der Waals surface area contributed by atoms with Crippen LogP contribution >= 0.6 is 0 Å². The molecule has 2 N–H and O–H groups in total. The largest absolute Gasteiger partial charge is 0.479 e. The first-order chi connectivity index (χ1) is 18.4. The van der Waals surface area contributed by atoms with Crippen LogP contribution in [0.25, 0.3) is 10.8 Å². The van der Waals surface area contributed by atoms with Gasteiger partial charge in [0.05, 0.1) is 0 Å². The number of aliphatic carboxylic acids is 2. The van der Waals surface area contributed by atoms with Crippen molar-refractivity contribution in [2.75, 3.05) is 0 Å². The van der Waals surface area contributed by atoms with Gasteiger partial charge in [-0.25, -0.2) is 9.59 Å². The molecule has 6 heteroatoms. The van der Waals surface area contributed by atoms with E-state index in [1.165, 1.54) is 61.3 Å². The highest BCUT2D eigenvalue weighted by Crippen LogP contribution is 2.38. The van der Waals surface area contributed by atoms with Gasteiger partial charge in [0.15, 0.2) is 18.0 Å². The average Bonchev–Trinajstić information content (AvgIpc) is 3.30. The van der Waals surface area contributed by atoms with Crippen molar-refractivity contribution in [2.24, 2.45) is 0 Å². The Kier molecular flexibility index (Phi) is 12.6. The minimum absolute atomic E-state index is 0.510. The molecule has 2 aromatic rings. The van der Waals surface area contributed by atoms with Gasteiger partial charge in [0.25, 0.3) is 0 Å². The van der Waals surface area contributed by atoms with E-state index in [0.29, 0.717) is 12.8 Å². The van der Waals surface area contributed by atoms with E-state index >= 15 is 0 Å². The quantitative estimate of drug-likeness (QED) is 0.181. The fourth-order valence-electron chi connectivity index (χ4n) is 5.51. The van der Waals surface area contributed by atoms with Gasteiger partial charge >= 0.3 is 11.9 Å². The average molecular weight is 527 g/mol. The zero-order valence-corrected chi connectivity index (χ0v) is 23.0. The van der Waals surface area contributed by atoms with Crippen molar-refractivity contribution in [3.63, 3.8) is 0 Å². The number of rotatable bonds is 19. The maximum Gasteiger partial charge on any atom is 0.336 e. The van der Waals surface area contributed by atoms with Crippen LogP contribution in [0, 0.1) is 0 Å². The van der Waals surface area contributed by atoms with Gasteiger partial charge in [-0.3, -0.25) is 0 Å². The number of carbonyl (C=O) groups is 2. The Balaban J connectivity index is 1.45. The van der Waals surface area contributed by atoms with Gasteiger partial charge in [-0.1, -0.05) is 114 Å². The summed E-state index contributed by atoms with van der Waals surface area (Å²) in [6.45, 7) is 2.23. The molecule has 0 radical (unpaired) electrons. The first kappa shape index (κ1) is 30.1. The third-order valence-corrected chi connectivity index (χ3v) is 7.69. The fourth-order valence-corrected chi connectivity index (χ4v) is 5.51. The highest BCUT2D eigenvalue weighted by atomic mass is 16.8. The maximum absolute atomic E-state index is 11.7. The van der Waals surface area contributed by atoms with Crippen molar-refractivity contribution >= 4 is 22.7 Å². The molecule has 3 rings (SSSR count). The van der Waals surface area contributed by atoms with Crippen molar-refractivity contribution in [1.82, 2.24) is 0 Å². The summed E-state index contributed by atoms with van der Waals surface area (Å²) in [7, 11) is 0. The second-order valence-corrected chi connectivity index (χ2v) is 10.8. The van der Waals surface area contributed by atoms with E-state index in [9.17, 15) is 19.8 Å². The number of carboxylic acids is 2. The molecule has 2 aromatic carbocycles. The minimum Gasteiger partial charge on any atom is -0.479 e. The van der Waals surface area contributed by atoms with E-state index in [-0.39, 0.29) is 0 Å². The van der Waals surface area contributed by atoms with Gasteiger partial charge in [0, 0.05) is 12.8 Å². The predicted molar refractivity (Wildman–Crippen MR) is 150 cm³/mol. The Morgan fingerprint density at radius 3 is 1.74 bits per heavy atom. The molecule has 0 aliphatic carbocycles. The molecule has 1 aliphatic rings. The molecule has 1 aliphatic heterocycles. The molecule has 1 saturated heterocycles. The Hall–Kier alpha value is -2.44. The van der Waals surface area contributed by atoms with Crippen LogP contribution in [-0.4, -0.2) is 40.1 Å². The van der Waals surface area contributed by atoms with Crippen molar-refractivity contribution in [1.29, 1.82) is 0 Å². The van der Waals surface area contributed by atoms with Crippen LogP contribution in [-0.2, 0) is 25.5 Å². The van der Waals surface area contributed by atoms with Crippen molar-refractivity contribution in [3.8, 4) is 0 Å². The van der Waals surface area contributed by atoms with Gasteiger partial charge in [-0.15, -0.1) is 0 Å². The summed E-state index contributed by atoms with van der Waals surface area (Å²) in [5.41, 5.74) is 1.30. The topological polar surface area (TPSA) is 93.1 Å². The zero-order valence-electron chi connectivity index (χ0n) is 23.0. The summed E-state index contributed by atoms with van der Waals surface area (Å²) in [4.78, 5) is 23.4. The predicted octanol–water partition coefficient (Wildman–Crippen LogP) is 7.90. The number of fused-ring (bicyclic) bond motifs is 1. The van der Waals surface area contributed by atoms with E-state index < -0.39 is 29.9 Å². The van der Waals surface area contributed by atoms with Crippen molar-refractivity contribution in [2.45, 2.75) is 128 Å². The molecule has 0 unspecified atom stereocenters. The Morgan fingerprint density at radius 1 is 0.684 bits per heavy atom. The second-order valence-electron chi connectivity index (χ2n) is 10.8. The number of ether oxygens (including phenoxy) is 2. The van der Waals surface area contributed by atoms with Gasteiger partial charge in [-0.2, -0.15) is 0 Å². The molecule has 210 valence electrons. The molecule has 38 heavy (non-hydrogen) atoms. The number of carboxylic acid groups (broad SMARTS) is 2. The molecule has 0 amide bonds. The molecule has 0 bridgehead atoms. The molecule has 0 saturated carbocycles. The van der Waals surface area contributed by atoms with E-state index in [1.807, 2.05) is 6.07 Å². The SMILES string of the molecule is CCCCCCCCCCCCC1(CCCCCc2ccc3ccccc3c2)O[C@@H](C(=O)O)[C@H](C(=O)O)O1. The van der Waals surface area contributed by atoms with E-state index in [4.69, 9.17) is 9.47 Å². The smallest absolute Gasteiger partial charge is 0.336 e. The Bertz CT molecular complexity index is 980. The molecular weight excluding hydrogens is 480 g/mol. The molecule has 1 heterocycles. The number of unbranched alkanes of at least 4 members (excludes halogenated alkanes) is 11. The van der Waals surface area contributed by atoms with Crippen LogP contribution in [0.5, 0.6) is 0 Å². The third kappa shape index (κ3) is 9.39. The number of hydrogen-bond donors (Lipinski definition) is 2. The molecule has 6 nitrogen and oxygen atoms in total. The summed E-state index contributed by atoms with van der Waals surface area (Å²) in [6.07, 6.45) is 13.7. The number of benzene rings is 2. The number of aryl methyl sites for hydroxylation is 1. The third-order valence-electron chi connectivity index (χ3n) is 7.69. The first-order valence-electron chi connectivity index (χ1n) is 14.7. The molecule has 1 fully saturated rings. The van der Waals surface area contributed by atoms with Crippen LogP contribution in [0.4, 0.5) is 0 Å². The minimum atomic E-state index is -1.46. The van der Waals surface area contributed by atoms with Gasteiger partial charge in [-0.05, 0) is 42.0 Å². The maximum atomic E-state index is 11.7. The van der Waals surface area contributed by atoms with E-state index in [1.54, 1.807) is 0 Å². The molecule has 0 spiro atoms. The lowest BCUT2D eigenvalue weighted by Crippen LogP contribution is -2.36. The van der Waals surface area contributed by atoms with Gasteiger partial charge in [0.1, 0.15) is 0 Å². The summed E-state index contributed by atoms with van der Waals surface area (Å²) >= 11 is 0. The monoisotopic (exact) mass is 526 g/mol. The summed E-state index contributed by atoms with van der Waals surface area (Å²) < 4.78 is 11.8. The molecule has 2 atom stereocenters. The van der Waals surface area contributed by atoms with Crippen LogP contribution in [0.1, 0.15) is 109 Å². The zero-order chi connectivity index (χ0) is 27.2. The summed E-state index contributed by atoms with van der Waals surface area (Å²) in [6, 6.07) is 14.9. The lowest BCUT2D eigenvalue weighted by Gasteiger charge is -2.28.